The smallest absolute Gasteiger partial charge is 0.423 e. The van der Waals surface area contributed by atoms with E-state index in [1.165, 1.54) is 11.2 Å². The Balaban J connectivity index is 1.81. The molecular formula is C16H18BN5O3. The Labute approximate surface area is 144 Å². The number of hydrogen-bond acceptors (Lipinski definition) is 6. The molecular weight excluding hydrogens is 321 g/mol. The van der Waals surface area contributed by atoms with Gasteiger partial charge in [-0.2, -0.15) is 0 Å². The van der Waals surface area contributed by atoms with Crippen molar-refractivity contribution in [1.82, 2.24) is 19.9 Å². The molecule has 0 aliphatic rings. The normalized spacial score (nSPS) is 10.7. The Hall–Kier alpha value is -2.91. The number of fused-ring (bicyclic) bond motifs is 1. The number of benzene rings is 1. The van der Waals surface area contributed by atoms with Crippen molar-refractivity contribution < 1.29 is 14.8 Å². The maximum Gasteiger partial charge on any atom is 0.488 e. The molecule has 0 bridgehead atoms. The first-order valence-corrected chi connectivity index (χ1v) is 7.70. The molecule has 0 saturated carbocycles. The van der Waals surface area contributed by atoms with E-state index < -0.39 is 7.12 Å². The molecule has 0 unspecified atom stereocenters. The van der Waals surface area contributed by atoms with E-state index in [0.29, 0.717) is 34.4 Å². The zero-order valence-electron chi connectivity index (χ0n) is 13.9. The van der Waals surface area contributed by atoms with Crippen molar-refractivity contribution in [3.63, 3.8) is 0 Å². The molecule has 4 N–H and O–H groups in total. The number of H-pyrrole nitrogens is 1. The number of amides is 1. The number of carbonyl (C=O) groups excluding carboxylic acids is 1. The van der Waals surface area contributed by atoms with Crippen LogP contribution in [0.2, 0.25) is 0 Å². The highest BCUT2D eigenvalue weighted by Crippen LogP contribution is 2.22. The Morgan fingerprint density at radius 3 is 2.60 bits per heavy atom. The lowest BCUT2D eigenvalue weighted by molar-refractivity contribution is 0.0829. The minimum Gasteiger partial charge on any atom is -0.423 e. The zero-order valence-corrected chi connectivity index (χ0v) is 13.9. The molecule has 0 fully saturated rings. The average molecular weight is 339 g/mol. The van der Waals surface area contributed by atoms with E-state index in [1.807, 2.05) is 0 Å². The molecule has 0 atom stereocenters. The van der Waals surface area contributed by atoms with Gasteiger partial charge >= 0.3 is 7.12 Å². The number of aromatic nitrogens is 3. The first-order valence-electron chi connectivity index (χ1n) is 7.70. The van der Waals surface area contributed by atoms with Crippen LogP contribution in [0, 0.1) is 0 Å². The summed E-state index contributed by atoms with van der Waals surface area (Å²) < 4.78 is 0. The van der Waals surface area contributed by atoms with Crippen molar-refractivity contribution in [3.05, 3.63) is 47.9 Å². The SMILES string of the molecule is CN(C)C(=O)c1c[nH]c2c(NCc3ccc(B(O)O)cc3)ncnc12. The summed E-state index contributed by atoms with van der Waals surface area (Å²) in [6.45, 7) is 0.490. The summed E-state index contributed by atoms with van der Waals surface area (Å²) >= 11 is 0. The molecule has 0 aliphatic heterocycles. The first-order chi connectivity index (χ1) is 12.0. The van der Waals surface area contributed by atoms with Crippen LogP contribution in [0.5, 0.6) is 0 Å². The fraction of sp³-hybridized carbons (Fsp3) is 0.188. The summed E-state index contributed by atoms with van der Waals surface area (Å²) in [7, 11) is 1.90. The van der Waals surface area contributed by atoms with Crippen LogP contribution in [0.3, 0.4) is 0 Å². The number of nitrogens with one attached hydrogen (secondary N) is 2. The quantitative estimate of drug-likeness (QED) is 0.485. The van der Waals surface area contributed by atoms with Crippen LogP contribution in [-0.2, 0) is 6.54 Å². The van der Waals surface area contributed by atoms with Crippen LogP contribution in [0.1, 0.15) is 15.9 Å². The van der Waals surface area contributed by atoms with Gasteiger partial charge in [-0.3, -0.25) is 4.79 Å². The van der Waals surface area contributed by atoms with Gasteiger partial charge in [-0.25, -0.2) is 9.97 Å². The lowest BCUT2D eigenvalue weighted by atomic mass is 9.80. The molecule has 1 amide bonds. The van der Waals surface area contributed by atoms with Crippen molar-refractivity contribution in [3.8, 4) is 0 Å². The third-order valence-electron chi connectivity index (χ3n) is 3.84. The van der Waals surface area contributed by atoms with E-state index in [2.05, 4.69) is 20.3 Å². The van der Waals surface area contributed by atoms with Crippen molar-refractivity contribution in [2.75, 3.05) is 19.4 Å². The van der Waals surface area contributed by atoms with Gasteiger partial charge in [-0.15, -0.1) is 0 Å². The molecule has 3 rings (SSSR count). The summed E-state index contributed by atoms with van der Waals surface area (Å²) in [6.07, 6.45) is 3.04. The zero-order chi connectivity index (χ0) is 18.0. The lowest BCUT2D eigenvalue weighted by Gasteiger charge is -2.09. The highest BCUT2D eigenvalue weighted by Gasteiger charge is 2.17. The molecule has 8 nitrogen and oxygen atoms in total. The Kier molecular flexibility index (Phi) is 4.69. The van der Waals surface area contributed by atoms with E-state index in [1.54, 1.807) is 44.6 Å². The second kappa shape index (κ2) is 6.92. The van der Waals surface area contributed by atoms with E-state index in [-0.39, 0.29) is 5.91 Å². The molecule has 1 aromatic carbocycles. The molecule has 128 valence electrons. The number of hydrogen-bond donors (Lipinski definition) is 4. The van der Waals surface area contributed by atoms with Crippen molar-refractivity contribution >= 4 is 35.3 Å². The van der Waals surface area contributed by atoms with Crippen molar-refractivity contribution in [1.29, 1.82) is 0 Å². The van der Waals surface area contributed by atoms with Crippen LogP contribution in [-0.4, -0.2) is 57.0 Å². The van der Waals surface area contributed by atoms with Crippen molar-refractivity contribution in [2.45, 2.75) is 6.54 Å². The predicted octanol–water partition coefficient (Wildman–Crippen LogP) is -0.0484. The molecule has 3 aromatic rings. The third-order valence-corrected chi connectivity index (χ3v) is 3.84. The molecule has 9 heteroatoms. The first kappa shape index (κ1) is 16.9. The monoisotopic (exact) mass is 339 g/mol. The fourth-order valence-corrected chi connectivity index (χ4v) is 2.47. The third kappa shape index (κ3) is 3.47. The molecule has 0 saturated heterocycles. The van der Waals surface area contributed by atoms with Gasteiger partial charge in [0.15, 0.2) is 5.82 Å². The van der Waals surface area contributed by atoms with Gasteiger partial charge in [0.05, 0.1) is 5.56 Å². The highest BCUT2D eigenvalue weighted by atomic mass is 16.4. The second-order valence-corrected chi connectivity index (χ2v) is 5.82. The summed E-state index contributed by atoms with van der Waals surface area (Å²) in [5, 5.41) is 21.4. The van der Waals surface area contributed by atoms with Gasteiger partial charge in [-0.05, 0) is 11.0 Å². The largest absolute Gasteiger partial charge is 0.488 e. The minimum atomic E-state index is -1.48. The van der Waals surface area contributed by atoms with Crippen LogP contribution in [0.25, 0.3) is 11.0 Å². The lowest BCUT2D eigenvalue weighted by Crippen LogP contribution is -2.29. The fourth-order valence-electron chi connectivity index (χ4n) is 2.47. The Morgan fingerprint density at radius 2 is 1.96 bits per heavy atom. The minimum absolute atomic E-state index is 0.131. The molecule has 0 radical (unpaired) electrons. The van der Waals surface area contributed by atoms with Crippen LogP contribution in [0.4, 0.5) is 5.82 Å². The molecule has 2 heterocycles. The van der Waals surface area contributed by atoms with E-state index in [4.69, 9.17) is 10.0 Å². The number of aromatic amines is 1. The summed E-state index contributed by atoms with van der Waals surface area (Å²) in [6, 6.07) is 6.91. The van der Waals surface area contributed by atoms with Gasteiger partial charge in [0.1, 0.15) is 17.4 Å². The van der Waals surface area contributed by atoms with Gasteiger partial charge < -0.3 is 25.2 Å². The maximum absolute atomic E-state index is 12.2. The molecule has 0 aliphatic carbocycles. The van der Waals surface area contributed by atoms with Crippen molar-refractivity contribution in [2.24, 2.45) is 0 Å². The number of carbonyl (C=O) groups is 1. The Bertz CT molecular complexity index is 892. The van der Waals surface area contributed by atoms with Gasteiger partial charge in [0.25, 0.3) is 5.91 Å². The topological polar surface area (TPSA) is 114 Å². The summed E-state index contributed by atoms with van der Waals surface area (Å²) in [5.41, 5.74) is 3.11. The standard InChI is InChI=1S/C16H18BN5O3/c1-22(2)16(23)12-8-18-14-13(12)20-9-21-15(14)19-7-10-3-5-11(6-4-10)17(24)25/h3-6,8-9,18,24-25H,7H2,1-2H3,(H,19,20,21). The van der Waals surface area contributed by atoms with Gasteiger partial charge in [0, 0.05) is 26.8 Å². The van der Waals surface area contributed by atoms with E-state index >= 15 is 0 Å². The number of anilines is 1. The van der Waals surface area contributed by atoms with E-state index in [9.17, 15) is 4.79 Å². The van der Waals surface area contributed by atoms with Crippen LogP contribution < -0.4 is 10.8 Å². The second-order valence-electron chi connectivity index (χ2n) is 5.82. The van der Waals surface area contributed by atoms with Gasteiger partial charge in [0.2, 0.25) is 0 Å². The summed E-state index contributed by atoms with van der Waals surface area (Å²) in [4.78, 5) is 25.2. The van der Waals surface area contributed by atoms with E-state index in [0.717, 1.165) is 5.56 Å². The number of rotatable bonds is 5. The van der Waals surface area contributed by atoms with Gasteiger partial charge in [-0.1, -0.05) is 24.3 Å². The molecule has 25 heavy (non-hydrogen) atoms. The predicted molar refractivity (Wildman–Crippen MR) is 95.5 cm³/mol. The summed E-state index contributed by atoms with van der Waals surface area (Å²) in [5.74, 6) is 0.461. The molecule has 2 aromatic heterocycles. The number of nitrogens with zero attached hydrogens (tertiary/aromatic N) is 3. The Morgan fingerprint density at radius 1 is 1.24 bits per heavy atom. The van der Waals surface area contributed by atoms with Crippen LogP contribution >= 0.6 is 0 Å². The maximum atomic E-state index is 12.2. The average Bonchev–Trinajstić information content (AvgIpc) is 3.04. The highest BCUT2D eigenvalue weighted by molar-refractivity contribution is 6.58. The molecule has 0 spiro atoms. The van der Waals surface area contributed by atoms with Crippen LogP contribution in [0.15, 0.2) is 36.8 Å².